The molecule has 0 atom stereocenters. The van der Waals surface area contributed by atoms with Gasteiger partial charge in [-0.25, -0.2) is 8.42 Å². The molecule has 0 unspecified atom stereocenters. The molecule has 34 heavy (non-hydrogen) atoms. The number of para-hydroxylation sites is 1. The number of hydrogen-bond donors (Lipinski definition) is 1. The van der Waals surface area contributed by atoms with Gasteiger partial charge in [0.05, 0.1) is 10.6 Å². The molecule has 1 amide bonds. The second-order valence-corrected chi connectivity index (χ2v) is 10.9. The minimum absolute atomic E-state index is 0.0910. The number of carbonyl (C=O) groups excluding carboxylic acids is 1. The van der Waals surface area contributed by atoms with Gasteiger partial charge in [0.2, 0.25) is 0 Å². The number of nitrogens with zero attached hydrogens (tertiary/aromatic N) is 1. The summed E-state index contributed by atoms with van der Waals surface area (Å²) in [4.78, 5) is 12.5. The van der Waals surface area contributed by atoms with E-state index in [9.17, 15) is 13.2 Å². The second-order valence-electron chi connectivity index (χ2n) is 9.08. The van der Waals surface area contributed by atoms with E-state index in [-0.39, 0.29) is 22.8 Å². The van der Waals surface area contributed by atoms with Crippen LogP contribution < -0.4 is 14.4 Å². The summed E-state index contributed by atoms with van der Waals surface area (Å²) in [5.41, 5.74) is 3.57. The Morgan fingerprint density at radius 1 is 1.00 bits per heavy atom. The number of amides is 1. The van der Waals surface area contributed by atoms with E-state index in [0.29, 0.717) is 24.4 Å². The first-order valence-electron chi connectivity index (χ1n) is 11.4. The average Bonchev–Trinajstić information content (AvgIpc) is 3.28. The number of nitrogens with one attached hydrogen (secondary N) is 1. The molecule has 3 aromatic rings. The Hall–Kier alpha value is -3.32. The standard InChI is InChI=1S/C27H30N2O4S/c1-4-27(2,3)21-9-13-23(14-10-21)33-19-26(30)28-22-11-15-24(16-12-22)34(31,32)29-18-17-20-7-5-6-8-25(20)29/h5-16H,4,17-19H2,1-3H3,(H,28,30). The van der Waals surface area contributed by atoms with E-state index < -0.39 is 10.0 Å². The fourth-order valence-electron chi connectivity index (χ4n) is 3.95. The topological polar surface area (TPSA) is 75.7 Å². The SMILES string of the molecule is CCC(C)(C)c1ccc(OCC(=O)Nc2ccc(S(=O)(=O)N3CCc4ccccc43)cc2)cc1. The molecule has 6 nitrogen and oxygen atoms in total. The van der Waals surface area contributed by atoms with Gasteiger partial charge in [-0.2, -0.15) is 0 Å². The highest BCUT2D eigenvalue weighted by molar-refractivity contribution is 7.92. The molecule has 0 aliphatic carbocycles. The molecule has 178 valence electrons. The molecule has 1 N–H and O–H groups in total. The number of fused-ring (bicyclic) bond motifs is 1. The smallest absolute Gasteiger partial charge is 0.264 e. The van der Waals surface area contributed by atoms with Crippen molar-refractivity contribution in [2.75, 3.05) is 22.8 Å². The first-order valence-corrected chi connectivity index (χ1v) is 12.9. The van der Waals surface area contributed by atoms with E-state index in [2.05, 4.69) is 26.1 Å². The van der Waals surface area contributed by atoms with Crippen molar-refractivity contribution in [1.82, 2.24) is 0 Å². The van der Waals surface area contributed by atoms with Gasteiger partial charge in [-0.3, -0.25) is 9.10 Å². The van der Waals surface area contributed by atoms with Gasteiger partial charge >= 0.3 is 0 Å². The third kappa shape index (κ3) is 4.94. The molecular formula is C27H30N2O4S. The number of sulfonamides is 1. The number of ether oxygens (including phenoxy) is 1. The largest absolute Gasteiger partial charge is 0.484 e. The lowest BCUT2D eigenvalue weighted by Crippen LogP contribution is -2.29. The van der Waals surface area contributed by atoms with E-state index in [1.165, 1.54) is 22.0 Å². The van der Waals surface area contributed by atoms with Crippen LogP contribution in [-0.4, -0.2) is 27.5 Å². The normalized spacial score (nSPS) is 13.4. The van der Waals surface area contributed by atoms with Gasteiger partial charge in [0.1, 0.15) is 5.75 Å². The Morgan fingerprint density at radius 3 is 2.35 bits per heavy atom. The molecule has 1 aliphatic rings. The Morgan fingerprint density at radius 2 is 1.68 bits per heavy atom. The number of hydrogen-bond acceptors (Lipinski definition) is 4. The number of benzene rings is 3. The fourth-order valence-corrected chi connectivity index (χ4v) is 5.45. The minimum Gasteiger partial charge on any atom is -0.484 e. The van der Waals surface area contributed by atoms with E-state index >= 15 is 0 Å². The molecule has 0 aromatic heterocycles. The van der Waals surface area contributed by atoms with Gasteiger partial charge in [-0.05, 0) is 71.8 Å². The summed E-state index contributed by atoms with van der Waals surface area (Å²) in [7, 11) is -3.66. The van der Waals surface area contributed by atoms with E-state index in [1.54, 1.807) is 12.1 Å². The summed E-state index contributed by atoms with van der Waals surface area (Å²) in [5.74, 6) is 0.306. The van der Waals surface area contributed by atoms with Crippen LogP contribution in [-0.2, 0) is 26.7 Å². The van der Waals surface area contributed by atoms with Crippen LogP contribution in [0.15, 0.2) is 77.7 Å². The Bertz CT molecular complexity index is 1270. The van der Waals surface area contributed by atoms with Crippen molar-refractivity contribution in [3.8, 4) is 5.75 Å². The third-order valence-corrected chi connectivity index (χ3v) is 8.29. The van der Waals surface area contributed by atoms with Crippen molar-refractivity contribution >= 4 is 27.3 Å². The predicted octanol–water partition coefficient (Wildman–Crippen LogP) is 5.14. The lowest BCUT2D eigenvalue weighted by atomic mass is 9.82. The van der Waals surface area contributed by atoms with Crippen LogP contribution in [0.2, 0.25) is 0 Å². The first kappa shape index (κ1) is 23.8. The maximum absolute atomic E-state index is 13.1. The Labute approximate surface area is 201 Å². The second kappa shape index (κ2) is 9.50. The predicted molar refractivity (Wildman–Crippen MR) is 135 cm³/mol. The summed E-state index contributed by atoms with van der Waals surface area (Å²) in [6.07, 6.45) is 1.73. The molecule has 1 heterocycles. The first-order chi connectivity index (χ1) is 16.2. The zero-order valence-corrected chi connectivity index (χ0v) is 20.6. The number of rotatable bonds is 8. The van der Waals surface area contributed by atoms with Gasteiger partial charge in [-0.15, -0.1) is 0 Å². The average molecular weight is 479 g/mol. The monoisotopic (exact) mass is 478 g/mol. The number of carbonyl (C=O) groups is 1. The van der Waals surface area contributed by atoms with Crippen molar-refractivity contribution in [3.05, 3.63) is 83.9 Å². The quantitative estimate of drug-likeness (QED) is 0.486. The number of anilines is 2. The van der Waals surface area contributed by atoms with Crippen molar-refractivity contribution < 1.29 is 17.9 Å². The van der Waals surface area contributed by atoms with Crippen LogP contribution in [0.5, 0.6) is 5.75 Å². The summed E-state index contributed by atoms with van der Waals surface area (Å²) in [5, 5.41) is 2.75. The Kier molecular flexibility index (Phi) is 6.66. The van der Waals surface area contributed by atoms with Crippen molar-refractivity contribution in [2.45, 2.75) is 43.9 Å². The van der Waals surface area contributed by atoms with Crippen LogP contribution in [0, 0.1) is 0 Å². The van der Waals surface area contributed by atoms with Gasteiger partial charge in [0, 0.05) is 12.2 Å². The molecule has 3 aromatic carbocycles. The van der Waals surface area contributed by atoms with Crippen molar-refractivity contribution in [3.63, 3.8) is 0 Å². The van der Waals surface area contributed by atoms with Gasteiger partial charge in [0.25, 0.3) is 15.9 Å². The van der Waals surface area contributed by atoms with Crippen LogP contribution >= 0.6 is 0 Å². The summed E-state index contributed by atoms with van der Waals surface area (Å²) >= 11 is 0. The zero-order chi connectivity index (χ0) is 24.3. The van der Waals surface area contributed by atoms with Crippen LogP contribution in [0.4, 0.5) is 11.4 Å². The molecule has 1 aliphatic heterocycles. The lowest BCUT2D eigenvalue weighted by molar-refractivity contribution is -0.118. The highest BCUT2D eigenvalue weighted by Gasteiger charge is 2.30. The maximum atomic E-state index is 13.1. The summed E-state index contributed by atoms with van der Waals surface area (Å²) in [6, 6.07) is 21.5. The zero-order valence-electron chi connectivity index (χ0n) is 19.7. The van der Waals surface area contributed by atoms with E-state index in [4.69, 9.17) is 4.74 Å². The van der Waals surface area contributed by atoms with Crippen LogP contribution in [0.3, 0.4) is 0 Å². The van der Waals surface area contributed by atoms with Crippen LogP contribution in [0.25, 0.3) is 0 Å². The summed E-state index contributed by atoms with van der Waals surface area (Å²) in [6.45, 7) is 6.82. The minimum atomic E-state index is -3.66. The van der Waals surface area contributed by atoms with E-state index in [0.717, 1.165) is 17.7 Å². The molecule has 4 rings (SSSR count). The van der Waals surface area contributed by atoms with Crippen molar-refractivity contribution in [2.24, 2.45) is 0 Å². The molecule has 0 saturated carbocycles. The molecule has 7 heteroatoms. The maximum Gasteiger partial charge on any atom is 0.264 e. The molecule has 0 fully saturated rings. The fraction of sp³-hybridized carbons (Fsp3) is 0.296. The highest BCUT2D eigenvalue weighted by Crippen LogP contribution is 2.33. The van der Waals surface area contributed by atoms with Crippen LogP contribution in [0.1, 0.15) is 38.3 Å². The van der Waals surface area contributed by atoms with Gasteiger partial charge in [0.15, 0.2) is 6.61 Å². The molecule has 0 spiro atoms. The molecule has 0 radical (unpaired) electrons. The lowest BCUT2D eigenvalue weighted by Gasteiger charge is -2.23. The molecule has 0 saturated heterocycles. The van der Waals surface area contributed by atoms with E-state index in [1.807, 2.05) is 48.5 Å². The van der Waals surface area contributed by atoms with Gasteiger partial charge in [-0.1, -0.05) is 51.1 Å². The molecular weight excluding hydrogens is 448 g/mol. The molecule has 0 bridgehead atoms. The Balaban J connectivity index is 1.35. The third-order valence-electron chi connectivity index (χ3n) is 6.46. The summed E-state index contributed by atoms with van der Waals surface area (Å²) < 4.78 is 33.3. The highest BCUT2D eigenvalue weighted by atomic mass is 32.2. The van der Waals surface area contributed by atoms with Crippen molar-refractivity contribution in [1.29, 1.82) is 0 Å². The van der Waals surface area contributed by atoms with Gasteiger partial charge < -0.3 is 10.1 Å².